The first kappa shape index (κ1) is 19.7. The van der Waals surface area contributed by atoms with Gasteiger partial charge in [-0.25, -0.2) is 4.98 Å². The van der Waals surface area contributed by atoms with E-state index in [1.54, 1.807) is 22.0 Å². The van der Waals surface area contributed by atoms with Crippen LogP contribution in [0.25, 0.3) is 10.2 Å². The van der Waals surface area contributed by atoms with Crippen LogP contribution in [0.2, 0.25) is 0 Å². The van der Waals surface area contributed by atoms with Crippen LogP contribution in [0.5, 0.6) is 0 Å². The van der Waals surface area contributed by atoms with Crippen molar-refractivity contribution in [2.75, 3.05) is 5.75 Å². The molecule has 0 radical (unpaired) electrons. The Morgan fingerprint density at radius 3 is 2.96 bits per heavy atom. The Labute approximate surface area is 173 Å². The number of rotatable bonds is 6. The van der Waals surface area contributed by atoms with E-state index >= 15 is 0 Å². The van der Waals surface area contributed by atoms with E-state index < -0.39 is 0 Å². The molecule has 150 valence electrons. The highest BCUT2D eigenvalue weighted by Crippen LogP contribution is 2.35. The van der Waals surface area contributed by atoms with Crippen LogP contribution in [0, 0.1) is 5.92 Å². The largest absolute Gasteiger partial charge is 0.352 e. The molecule has 1 saturated carbocycles. The second kappa shape index (κ2) is 8.41. The fourth-order valence-corrected chi connectivity index (χ4v) is 6.49. The van der Waals surface area contributed by atoms with Crippen LogP contribution in [-0.2, 0) is 24.2 Å². The average Bonchev–Trinajstić information content (AvgIpc) is 3.25. The highest BCUT2D eigenvalue weighted by Gasteiger charge is 2.25. The van der Waals surface area contributed by atoms with Gasteiger partial charge >= 0.3 is 0 Å². The molecule has 2 heterocycles. The number of aromatic nitrogens is 2. The summed E-state index contributed by atoms with van der Waals surface area (Å²) >= 11 is 2.99. The van der Waals surface area contributed by atoms with Crippen LogP contribution >= 0.6 is 23.1 Å². The van der Waals surface area contributed by atoms with E-state index in [0.717, 1.165) is 35.9 Å². The van der Waals surface area contributed by atoms with Gasteiger partial charge in [0.05, 0.1) is 11.1 Å². The van der Waals surface area contributed by atoms with Crippen LogP contribution in [0.3, 0.4) is 0 Å². The molecule has 1 amide bonds. The Morgan fingerprint density at radius 2 is 2.18 bits per heavy atom. The summed E-state index contributed by atoms with van der Waals surface area (Å²) in [4.78, 5) is 32.5. The Morgan fingerprint density at radius 1 is 1.36 bits per heavy atom. The standard InChI is InChI=1S/C21H27N3O2S2/c1-3-11-24-20(26)18-14-8-6-10-16(14)28-19(18)23-21(24)27-12-17(25)22-15-9-5-4-7-13(15)2/h3,13,15H,1,4-12H2,2H3,(H,22,25)/t13-,15+/m0/s1. The van der Waals surface area contributed by atoms with Gasteiger partial charge in [0.15, 0.2) is 5.16 Å². The quantitative estimate of drug-likeness (QED) is 0.440. The molecule has 1 N–H and O–H groups in total. The number of hydrogen-bond donors (Lipinski definition) is 1. The van der Waals surface area contributed by atoms with E-state index in [1.807, 2.05) is 0 Å². The van der Waals surface area contributed by atoms with E-state index in [4.69, 9.17) is 4.98 Å². The highest BCUT2D eigenvalue weighted by atomic mass is 32.2. The number of thioether (sulfide) groups is 1. The first-order chi connectivity index (χ1) is 13.6. The van der Waals surface area contributed by atoms with E-state index in [0.29, 0.717) is 17.6 Å². The van der Waals surface area contributed by atoms with Crippen molar-refractivity contribution >= 4 is 39.2 Å². The zero-order valence-electron chi connectivity index (χ0n) is 16.3. The first-order valence-electron chi connectivity index (χ1n) is 10.2. The van der Waals surface area contributed by atoms with Gasteiger partial charge in [-0.2, -0.15) is 0 Å². The summed E-state index contributed by atoms with van der Waals surface area (Å²) < 4.78 is 1.67. The molecule has 0 saturated heterocycles. The minimum Gasteiger partial charge on any atom is -0.352 e. The zero-order valence-corrected chi connectivity index (χ0v) is 18.0. The summed E-state index contributed by atoms with van der Waals surface area (Å²) in [5.41, 5.74) is 1.20. The Hall–Kier alpha value is -1.60. The third kappa shape index (κ3) is 3.79. The predicted molar refractivity (Wildman–Crippen MR) is 116 cm³/mol. The van der Waals surface area contributed by atoms with Crippen molar-refractivity contribution in [3.63, 3.8) is 0 Å². The second-order valence-electron chi connectivity index (χ2n) is 7.86. The number of amides is 1. The average molecular weight is 418 g/mol. The highest BCUT2D eigenvalue weighted by molar-refractivity contribution is 7.99. The van der Waals surface area contributed by atoms with Crippen LogP contribution in [0.15, 0.2) is 22.6 Å². The molecule has 1 fully saturated rings. The summed E-state index contributed by atoms with van der Waals surface area (Å²) in [5.74, 6) is 0.838. The summed E-state index contributed by atoms with van der Waals surface area (Å²) in [7, 11) is 0. The summed E-state index contributed by atoms with van der Waals surface area (Å²) in [6.45, 7) is 6.41. The lowest BCUT2D eigenvalue weighted by atomic mass is 9.86. The molecule has 2 atom stereocenters. The van der Waals surface area contributed by atoms with E-state index in [2.05, 4.69) is 18.8 Å². The van der Waals surface area contributed by atoms with Crippen LogP contribution in [-0.4, -0.2) is 27.3 Å². The maximum absolute atomic E-state index is 13.1. The van der Waals surface area contributed by atoms with Gasteiger partial charge in [-0.3, -0.25) is 14.2 Å². The van der Waals surface area contributed by atoms with Gasteiger partial charge < -0.3 is 5.32 Å². The fourth-order valence-electron chi connectivity index (χ4n) is 4.37. The topological polar surface area (TPSA) is 64.0 Å². The number of thiophene rings is 1. The zero-order chi connectivity index (χ0) is 19.7. The molecular weight excluding hydrogens is 390 g/mol. The van der Waals surface area contributed by atoms with Crippen LogP contribution < -0.4 is 10.9 Å². The molecule has 2 aliphatic carbocycles. The minimum absolute atomic E-state index is 0.00751. The molecule has 0 unspecified atom stereocenters. The van der Waals surface area contributed by atoms with Crippen molar-refractivity contribution in [1.82, 2.24) is 14.9 Å². The number of carbonyl (C=O) groups is 1. The Bertz CT molecular complexity index is 963. The fraction of sp³-hybridized carbons (Fsp3) is 0.571. The number of carbonyl (C=O) groups excluding carboxylic acids is 1. The Kier molecular flexibility index (Phi) is 5.92. The van der Waals surface area contributed by atoms with Gasteiger partial charge in [-0.15, -0.1) is 17.9 Å². The molecule has 0 aromatic carbocycles. The van der Waals surface area contributed by atoms with Crippen molar-refractivity contribution < 1.29 is 4.79 Å². The van der Waals surface area contributed by atoms with Gasteiger partial charge in [0, 0.05) is 17.5 Å². The van der Waals surface area contributed by atoms with E-state index in [9.17, 15) is 9.59 Å². The number of allylic oxidation sites excluding steroid dienone is 1. The molecule has 2 aromatic rings. The van der Waals surface area contributed by atoms with E-state index in [1.165, 1.54) is 41.5 Å². The number of nitrogens with one attached hydrogen (secondary N) is 1. The first-order valence-corrected chi connectivity index (χ1v) is 12.0. The molecule has 2 aliphatic rings. The molecule has 0 spiro atoms. The third-order valence-corrected chi connectivity index (χ3v) is 8.05. The SMILES string of the molecule is C=CCn1c(SCC(=O)N[C@@H]2CCCC[C@@H]2C)nc2sc3c(c2c1=O)CCC3. The minimum atomic E-state index is 0.00751. The smallest absolute Gasteiger partial charge is 0.263 e. The lowest BCUT2D eigenvalue weighted by molar-refractivity contribution is -0.119. The van der Waals surface area contributed by atoms with Crippen molar-refractivity contribution in [2.45, 2.75) is 69.6 Å². The van der Waals surface area contributed by atoms with Crippen LogP contribution in [0.1, 0.15) is 49.5 Å². The maximum atomic E-state index is 13.1. The molecule has 4 rings (SSSR count). The van der Waals surface area contributed by atoms with Gasteiger partial charge in [0.2, 0.25) is 5.91 Å². The third-order valence-electron chi connectivity index (χ3n) is 5.89. The number of aryl methyl sites for hydroxylation is 2. The molecule has 0 aliphatic heterocycles. The maximum Gasteiger partial charge on any atom is 0.263 e. The normalized spacial score (nSPS) is 21.6. The number of hydrogen-bond acceptors (Lipinski definition) is 5. The summed E-state index contributed by atoms with van der Waals surface area (Å²) in [5, 5.41) is 4.58. The van der Waals surface area contributed by atoms with Crippen molar-refractivity contribution in [1.29, 1.82) is 0 Å². The summed E-state index contributed by atoms with van der Waals surface area (Å²) in [6, 6.07) is 0.271. The second-order valence-corrected chi connectivity index (χ2v) is 9.89. The van der Waals surface area contributed by atoms with Gasteiger partial charge in [-0.05, 0) is 43.6 Å². The molecule has 7 heteroatoms. The summed E-state index contributed by atoms with van der Waals surface area (Å²) in [6.07, 6.45) is 9.52. The number of fused-ring (bicyclic) bond motifs is 3. The molecule has 0 bridgehead atoms. The van der Waals surface area contributed by atoms with Gasteiger partial charge in [0.25, 0.3) is 5.56 Å². The van der Waals surface area contributed by atoms with Crippen molar-refractivity contribution in [3.8, 4) is 0 Å². The van der Waals surface area contributed by atoms with Gasteiger partial charge in [-0.1, -0.05) is 37.6 Å². The monoisotopic (exact) mass is 417 g/mol. The van der Waals surface area contributed by atoms with Crippen LogP contribution in [0.4, 0.5) is 0 Å². The number of nitrogens with zero attached hydrogens (tertiary/aromatic N) is 2. The predicted octanol–water partition coefficient (Wildman–Crippen LogP) is 3.92. The lowest BCUT2D eigenvalue weighted by Crippen LogP contribution is -2.41. The molecule has 28 heavy (non-hydrogen) atoms. The molecular formula is C21H27N3O2S2. The van der Waals surface area contributed by atoms with Crippen molar-refractivity contribution in [3.05, 3.63) is 33.4 Å². The lowest BCUT2D eigenvalue weighted by Gasteiger charge is -2.29. The van der Waals surface area contributed by atoms with Crippen molar-refractivity contribution in [2.24, 2.45) is 5.92 Å². The van der Waals surface area contributed by atoms with Gasteiger partial charge in [0.1, 0.15) is 4.83 Å². The molecule has 5 nitrogen and oxygen atoms in total. The van der Waals surface area contributed by atoms with E-state index in [-0.39, 0.29) is 23.3 Å². The Balaban J connectivity index is 1.54. The molecule has 2 aromatic heterocycles.